The summed E-state index contributed by atoms with van der Waals surface area (Å²) in [6, 6.07) is 9.57. The standard InChI is InChI=1S/C24H30N2O6S/c1-30-17-7-5-15(6-8-17)22-18-14-21(32-3)20(31-2)13-16(18)9-11-26(22)24(29)25-19(23(27)28)10-12-33-4/h5-8,13-14,19,22H,9-12H2,1-4H3,(H,25,29)(H,27,28)/t19-,22+/m0/s1. The third kappa shape index (κ3) is 5.47. The van der Waals surface area contributed by atoms with Crippen LogP contribution in [0.25, 0.3) is 0 Å². The first-order valence-electron chi connectivity index (χ1n) is 10.6. The number of nitrogens with one attached hydrogen (secondary N) is 1. The number of fused-ring (bicyclic) bond motifs is 1. The highest BCUT2D eigenvalue weighted by atomic mass is 32.2. The molecule has 0 saturated carbocycles. The molecule has 2 atom stereocenters. The molecule has 9 heteroatoms. The molecule has 1 heterocycles. The van der Waals surface area contributed by atoms with Crippen molar-refractivity contribution in [2.24, 2.45) is 0 Å². The van der Waals surface area contributed by atoms with Crippen molar-refractivity contribution in [3.05, 3.63) is 53.1 Å². The Morgan fingerprint density at radius 1 is 1.12 bits per heavy atom. The van der Waals surface area contributed by atoms with E-state index < -0.39 is 24.1 Å². The van der Waals surface area contributed by atoms with E-state index in [2.05, 4.69) is 5.32 Å². The molecule has 0 aromatic heterocycles. The summed E-state index contributed by atoms with van der Waals surface area (Å²) < 4.78 is 16.3. The van der Waals surface area contributed by atoms with Gasteiger partial charge in [-0.15, -0.1) is 0 Å². The summed E-state index contributed by atoms with van der Waals surface area (Å²) in [7, 11) is 4.76. The fourth-order valence-corrected chi connectivity index (χ4v) is 4.51. The zero-order valence-corrected chi connectivity index (χ0v) is 20.1. The van der Waals surface area contributed by atoms with Crippen molar-refractivity contribution in [3.63, 3.8) is 0 Å². The Bertz CT molecular complexity index is 982. The molecule has 8 nitrogen and oxygen atoms in total. The lowest BCUT2D eigenvalue weighted by Crippen LogP contribution is -2.51. The highest BCUT2D eigenvalue weighted by Crippen LogP contribution is 2.41. The van der Waals surface area contributed by atoms with Gasteiger partial charge < -0.3 is 29.5 Å². The van der Waals surface area contributed by atoms with Crippen LogP contribution in [0.4, 0.5) is 4.79 Å². The van der Waals surface area contributed by atoms with E-state index >= 15 is 0 Å². The van der Waals surface area contributed by atoms with Gasteiger partial charge in [0, 0.05) is 6.54 Å². The van der Waals surface area contributed by atoms with E-state index in [4.69, 9.17) is 14.2 Å². The zero-order valence-electron chi connectivity index (χ0n) is 19.3. The Kier molecular flexibility index (Phi) is 8.32. The molecule has 0 fully saturated rings. The van der Waals surface area contributed by atoms with E-state index in [0.717, 1.165) is 16.7 Å². The number of carboxylic acids is 1. The number of rotatable bonds is 9. The smallest absolute Gasteiger partial charge is 0.326 e. The summed E-state index contributed by atoms with van der Waals surface area (Å²) in [5.74, 6) is 1.51. The third-order valence-electron chi connectivity index (χ3n) is 5.77. The van der Waals surface area contributed by atoms with Gasteiger partial charge in [-0.05, 0) is 65.8 Å². The van der Waals surface area contributed by atoms with E-state index in [1.165, 1.54) is 0 Å². The van der Waals surface area contributed by atoms with Crippen molar-refractivity contribution in [3.8, 4) is 17.2 Å². The molecule has 178 valence electrons. The van der Waals surface area contributed by atoms with Crippen molar-refractivity contribution in [1.82, 2.24) is 10.2 Å². The molecule has 0 unspecified atom stereocenters. The monoisotopic (exact) mass is 474 g/mol. The maximum absolute atomic E-state index is 13.3. The van der Waals surface area contributed by atoms with Gasteiger partial charge in [-0.3, -0.25) is 0 Å². The molecule has 2 N–H and O–H groups in total. The molecular weight excluding hydrogens is 444 g/mol. The Morgan fingerprint density at radius 2 is 1.79 bits per heavy atom. The van der Waals surface area contributed by atoms with Gasteiger partial charge in [0.05, 0.1) is 27.4 Å². The van der Waals surface area contributed by atoms with Gasteiger partial charge in [0.2, 0.25) is 0 Å². The van der Waals surface area contributed by atoms with E-state index in [9.17, 15) is 14.7 Å². The first kappa shape index (κ1) is 24.6. The molecule has 2 amide bonds. The van der Waals surface area contributed by atoms with Crippen LogP contribution in [0.3, 0.4) is 0 Å². The minimum absolute atomic E-state index is 0.352. The van der Waals surface area contributed by atoms with Crippen LogP contribution in [0.5, 0.6) is 17.2 Å². The van der Waals surface area contributed by atoms with Gasteiger partial charge in [0.25, 0.3) is 0 Å². The highest BCUT2D eigenvalue weighted by molar-refractivity contribution is 7.98. The summed E-state index contributed by atoms with van der Waals surface area (Å²) in [6.45, 7) is 0.430. The lowest BCUT2D eigenvalue weighted by molar-refractivity contribution is -0.139. The number of hydrogen-bond acceptors (Lipinski definition) is 6. The molecule has 0 radical (unpaired) electrons. The summed E-state index contributed by atoms with van der Waals surface area (Å²) in [4.78, 5) is 26.7. The topological polar surface area (TPSA) is 97.3 Å². The number of benzene rings is 2. The van der Waals surface area contributed by atoms with Crippen molar-refractivity contribution in [1.29, 1.82) is 0 Å². The number of nitrogens with zero attached hydrogens (tertiary/aromatic N) is 1. The van der Waals surface area contributed by atoms with Gasteiger partial charge in [-0.1, -0.05) is 12.1 Å². The van der Waals surface area contributed by atoms with Crippen LogP contribution in [0.1, 0.15) is 29.2 Å². The van der Waals surface area contributed by atoms with Crippen LogP contribution in [-0.2, 0) is 11.2 Å². The van der Waals surface area contributed by atoms with Gasteiger partial charge >= 0.3 is 12.0 Å². The van der Waals surface area contributed by atoms with E-state index in [0.29, 0.717) is 42.4 Å². The van der Waals surface area contributed by atoms with Crippen molar-refractivity contribution in [2.75, 3.05) is 39.9 Å². The Balaban J connectivity index is 2.02. The average molecular weight is 475 g/mol. The molecule has 0 saturated heterocycles. The quantitative estimate of drug-likeness (QED) is 0.573. The Hall–Kier alpha value is -3.07. The van der Waals surface area contributed by atoms with Crippen molar-refractivity contribution < 1.29 is 28.9 Å². The van der Waals surface area contributed by atoms with Crippen LogP contribution in [0.2, 0.25) is 0 Å². The molecule has 1 aliphatic heterocycles. The summed E-state index contributed by atoms with van der Waals surface area (Å²) in [5.41, 5.74) is 2.85. The second-order valence-electron chi connectivity index (χ2n) is 7.65. The number of hydrogen-bond donors (Lipinski definition) is 2. The number of ether oxygens (including phenoxy) is 3. The number of aliphatic carboxylic acids is 1. The second-order valence-corrected chi connectivity index (χ2v) is 8.63. The predicted molar refractivity (Wildman–Crippen MR) is 128 cm³/mol. The van der Waals surface area contributed by atoms with Gasteiger partial charge in [-0.2, -0.15) is 11.8 Å². The number of thioether (sulfide) groups is 1. The maximum Gasteiger partial charge on any atom is 0.326 e. The molecule has 0 aliphatic carbocycles. The minimum atomic E-state index is -1.04. The van der Waals surface area contributed by atoms with Crippen LogP contribution in [-0.4, -0.2) is 67.9 Å². The van der Waals surface area contributed by atoms with E-state index in [-0.39, 0.29) is 0 Å². The highest BCUT2D eigenvalue weighted by Gasteiger charge is 2.35. The molecule has 3 rings (SSSR count). The normalized spacial score (nSPS) is 15.9. The fourth-order valence-electron chi connectivity index (χ4n) is 4.04. The molecule has 2 aromatic rings. The van der Waals surface area contributed by atoms with Crippen molar-refractivity contribution >= 4 is 23.8 Å². The number of methoxy groups -OCH3 is 3. The largest absolute Gasteiger partial charge is 0.497 e. The first-order valence-corrected chi connectivity index (χ1v) is 12.0. The number of carbonyl (C=O) groups excluding carboxylic acids is 1. The van der Waals surface area contributed by atoms with Crippen LogP contribution in [0.15, 0.2) is 36.4 Å². The van der Waals surface area contributed by atoms with Crippen LogP contribution in [0, 0.1) is 0 Å². The number of carboxylic acid groups (broad SMARTS) is 1. The van der Waals surface area contributed by atoms with Gasteiger partial charge in [0.15, 0.2) is 11.5 Å². The maximum atomic E-state index is 13.3. The Morgan fingerprint density at radius 3 is 2.36 bits per heavy atom. The number of amides is 2. The summed E-state index contributed by atoms with van der Waals surface area (Å²) in [6.07, 6.45) is 2.87. The molecule has 0 bridgehead atoms. The molecule has 0 spiro atoms. The molecule has 1 aliphatic rings. The lowest BCUT2D eigenvalue weighted by Gasteiger charge is -2.38. The lowest BCUT2D eigenvalue weighted by atomic mass is 9.87. The zero-order chi connectivity index (χ0) is 24.0. The molecule has 33 heavy (non-hydrogen) atoms. The van der Waals surface area contributed by atoms with Crippen LogP contribution >= 0.6 is 11.8 Å². The average Bonchev–Trinajstić information content (AvgIpc) is 2.84. The third-order valence-corrected chi connectivity index (χ3v) is 6.42. The van der Waals surface area contributed by atoms with Gasteiger partial charge in [-0.25, -0.2) is 9.59 Å². The minimum Gasteiger partial charge on any atom is -0.497 e. The van der Waals surface area contributed by atoms with E-state index in [1.54, 1.807) is 38.0 Å². The fraction of sp³-hybridized carbons (Fsp3) is 0.417. The van der Waals surface area contributed by atoms with E-state index in [1.807, 2.05) is 42.7 Å². The first-order chi connectivity index (χ1) is 15.9. The van der Waals surface area contributed by atoms with Crippen molar-refractivity contribution in [2.45, 2.75) is 24.9 Å². The SMILES string of the molecule is COc1ccc([C@@H]2c3cc(OC)c(OC)cc3CCN2C(=O)N[C@@H](CCSC)C(=O)O)cc1. The van der Waals surface area contributed by atoms with Gasteiger partial charge in [0.1, 0.15) is 11.8 Å². The Labute approximate surface area is 198 Å². The number of urea groups is 1. The van der Waals surface area contributed by atoms with Crippen LogP contribution < -0.4 is 19.5 Å². The second kappa shape index (κ2) is 11.2. The summed E-state index contributed by atoms with van der Waals surface area (Å²) >= 11 is 1.54. The molecular formula is C24H30N2O6S. The summed E-state index contributed by atoms with van der Waals surface area (Å²) in [5, 5.41) is 12.3. The number of carbonyl (C=O) groups is 2. The predicted octanol–water partition coefficient (Wildman–Crippen LogP) is 3.58. The molecule has 2 aromatic carbocycles.